The number of para-hydroxylation sites is 1. The summed E-state index contributed by atoms with van der Waals surface area (Å²) in [5.41, 5.74) is 9.79. The van der Waals surface area contributed by atoms with Crippen LogP contribution < -0.4 is 4.90 Å². The number of rotatable bonds is 3. The fraction of sp³-hybridized carbons (Fsp3) is 0.256. The third-order valence-electron chi connectivity index (χ3n) is 11.5. The molecule has 9 rings (SSSR count). The van der Waals surface area contributed by atoms with E-state index in [0.29, 0.717) is 11.8 Å². The number of benzene rings is 6. The zero-order valence-corrected chi connectivity index (χ0v) is 25.7. The summed E-state index contributed by atoms with van der Waals surface area (Å²) in [7, 11) is 0. The Morgan fingerprint density at radius 2 is 1.25 bits per heavy atom. The first-order valence-corrected chi connectivity index (χ1v) is 16.6. The summed E-state index contributed by atoms with van der Waals surface area (Å²) in [6.07, 6.45) is 5.48. The van der Waals surface area contributed by atoms with E-state index in [9.17, 15) is 0 Å². The summed E-state index contributed by atoms with van der Waals surface area (Å²) in [6, 6.07) is 47.9. The van der Waals surface area contributed by atoms with Gasteiger partial charge in [0.1, 0.15) is 0 Å². The number of fused-ring (bicyclic) bond motifs is 11. The van der Waals surface area contributed by atoms with E-state index in [1.54, 1.807) is 11.1 Å². The molecule has 6 aromatic rings. The molecule has 216 valence electrons. The first-order valence-electron chi connectivity index (χ1n) is 16.6. The molecule has 44 heavy (non-hydrogen) atoms. The van der Waals surface area contributed by atoms with Crippen LogP contribution in [0.2, 0.25) is 0 Å². The van der Waals surface area contributed by atoms with Crippen molar-refractivity contribution in [1.82, 2.24) is 0 Å². The zero-order valence-electron chi connectivity index (χ0n) is 25.7. The summed E-state index contributed by atoms with van der Waals surface area (Å²) in [4.78, 5) is 2.49. The van der Waals surface area contributed by atoms with Crippen LogP contribution in [0.15, 0.2) is 127 Å². The molecule has 1 nitrogen and oxygen atoms in total. The number of nitrogens with zero attached hydrogens (tertiary/aromatic N) is 1. The fourth-order valence-electron chi connectivity index (χ4n) is 10.1. The van der Waals surface area contributed by atoms with E-state index < -0.39 is 0 Å². The maximum atomic E-state index is 2.56. The first kappa shape index (κ1) is 26.1. The Morgan fingerprint density at radius 3 is 2.11 bits per heavy atom. The molecule has 1 spiro atoms. The minimum absolute atomic E-state index is 0.114. The molecule has 0 N–H and O–H groups in total. The Bertz CT molecular complexity index is 2040. The van der Waals surface area contributed by atoms with E-state index >= 15 is 0 Å². The highest BCUT2D eigenvalue weighted by Gasteiger charge is 2.56. The predicted octanol–water partition coefficient (Wildman–Crippen LogP) is 11.8. The lowest BCUT2D eigenvalue weighted by molar-refractivity contribution is 0.0426. The summed E-state index contributed by atoms with van der Waals surface area (Å²) < 4.78 is 0. The molecule has 5 unspecified atom stereocenters. The van der Waals surface area contributed by atoms with Crippen LogP contribution in [0.4, 0.5) is 17.1 Å². The lowest BCUT2D eigenvalue weighted by atomic mass is 9.49. The Kier molecular flexibility index (Phi) is 5.82. The largest absolute Gasteiger partial charge is 0.310 e. The van der Waals surface area contributed by atoms with Crippen molar-refractivity contribution >= 4 is 38.6 Å². The van der Waals surface area contributed by atoms with Crippen LogP contribution in [0, 0.1) is 23.7 Å². The van der Waals surface area contributed by atoms with E-state index in [4.69, 9.17) is 0 Å². The Hall–Kier alpha value is -4.36. The van der Waals surface area contributed by atoms with Crippen molar-refractivity contribution in [2.45, 2.75) is 44.9 Å². The maximum absolute atomic E-state index is 2.56. The molecule has 2 bridgehead atoms. The van der Waals surface area contributed by atoms with E-state index in [1.807, 2.05) is 0 Å². The van der Waals surface area contributed by atoms with Gasteiger partial charge in [-0.15, -0.1) is 0 Å². The average molecular weight is 570 g/mol. The molecule has 0 amide bonds. The molecule has 1 heteroatoms. The van der Waals surface area contributed by atoms with Gasteiger partial charge in [-0.25, -0.2) is 0 Å². The fourth-order valence-corrected chi connectivity index (χ4v) is 10.1. The van der Waals surface area contributed by atoms with Gasteiger partial charge in [0.05, 0.1) is 5.69 Å². The zero-order chi connectivity index (χ0) is 29.4. The minimum Gasteiger partial charge on any atom is -0.310 e. The third-order valence-corrected chi connectivity index (χ3v) is 11.5. The van der Waals surface area contributed by atoms with E-state index in [1.165, 1.54) is 75.4 Å². The molecule has 2 saturated carbocycles. The number of anilines is 3. The van der Waals surface area contributed by atoms with Gasteiger partial charge in [-0.1, -0.05) is 111 Å². The highest BCUT2D eigenvalue weighted by Crippen LogP contribution is 2.65. The van der Waals surface area contributed by atoms with Gasteiger partial charge in [-0.05, 0) is 118 Å². The van der Waals surface area contributed by atoms with Gasteiger partial charge < -0.3 is 4.90 Å². The Morgan fingerprint density at radius 1 is 0.545 bits per heavy atom. The molecule has 0 aromatic heterocycles. The normalized spacial score (nSPS) is 25.2. The topological polar surface area (TPSA) is 3.24 Å². The molecule has 0 aliphatic heterocycles. The molecule has 0 saturated heterocycles. The molecule has 0 heterocycles. The second kappa shape index (κ2) is 9.83. The van der Waals surface area contributed by atoms with Crippen LogP contribution in [0.25, 0.3) is 32.7 Å². The third kappa shape index (κ3) is 3.65. The summed E-state index contributed by atoms with van der Waals surface area (Å²) >= 11 is 0. The van der Waals surface area contributed by atoms with Crippen LogP contribution in [0.3, 0.4) is 0 Å². The monoisotopic (exact) mass is 569 g/mol. The van der Waals surface area contributed by atoms with Crippen molar-refractivity contribution in [3.8, 4) is 11.1 Å². The van der Waals surface area contributed by atoms with Crippen molar-refractivity contribution in [2.24, 2.45) is 23.7 Å². The Labute approximate surface area is 261 Å². The van der Waals surface area contributed by atoms with Crippen molar-refractivity contribution in [3.63, 3.8) is 0 Å². The number of hydrogen-bond donors (Lipinski definition) is 0. The van der Waals surface area contributed by atoms with Gasteiger partial charge >= 0.3 is 0 Å². The number of hydrogen-bond acceptors (Lipinski definition) is 1. The standard InChI is InChI=1S/C43H39N/c1-28-22-30-24-29(2)43(32(23-28)25-30)40-19-11-10-17-37(40)39-27-34(20-21-41(39)43)44(33-13-4-3-5-14-33)42-26-31-12-6-7-15-35(31)36-16-8-9-18-38(36)42/h3-21,26-30,32H,22-25H2,1-2H3. The van der Waals surface area contributed by atoms with Gasteiger partial charge in [0.25, 0.3) is 0 Å². The van der Waals surface area contributed by atoms with Gasteiger partial charge in [0.15, 0.2) is 0 Å². The summed E-state index contributed by atoms with van der Waals surface area (Å²) in [5.74, 6) is 3.05. The Balaban J connectivity index is 1.29. The SMILES string of the molecule is CC1CC2CC(C)C3(c4ccccc4-c4cc(N(c5ccccc5)c5cc6ccccc6c6ccccc56)ccc43)C(C1)C2. The average Bonchev–Trinajstić information content (AvgIpc) is 3.35. The lowest BCUT2D eigenvalue weighted by Crippen LogP contribution is -2.49. The van der Waals surface area contributed by atoms with E-state index in [-0.39, 0.29) is 5.41 Å². The maximum Gasteiger partial charge on any atom is 0.0546 e. The molecule has 5 atom stereocenters. The van der Waals surface area contributed by atoms with E-state index in [2.05, 4.69) is 146 Å². The van der Waals surface area contributed by atoms with Gasteiger partial charge in [0, 0.05) is 22.2 Å². The first-order chi connectivity index (χ1) is 21.6. The quantitative estimate of drug-likeness (QED) is 0.192. The highest BCUT2D eigenvalue weighted by atomic mass is 15.1. The van der Waals surface area contributed by atoms with Crippen molar-refractivity contribution in [3.05, 3.63) is 139 Å². The molecular formula is C43H39N. The van der Waals surface area contributed by atoms with Crippen LogP contribution in [-0.4, -0.2) is 0 Å². The molecule has 3 aliphatic carbocycles. The second-order valence-corrected chi connectivity index (χ2v) is 14.0. The van der Waals surface area contributed by atoms with Crippen molar-refractivity contribution in [1.29, 1.82) is 0 Å². The van der Waals surface area contributed by atoms with Crippen LogP contribution in [0.5, 0.6) is 0 Å². The van der Waals surface area contributed by atoms with E-state index in [0.717, 1.165) is 11.8 Å². The molecule has 0 radical (unpaired) electrons. The van der Waals surface area contributed by atoms with Crippen molar-refractivity contribution in [2.75, 3.05) is 4.90 Å². The summed E-state index contributed by atoms with van der Waals surface area (Å²) in [5, 5.41) is 5.14. The van der Waals surface area contributed by atoms with Crippen LogP contribution in [-0.2, 0) is 5.41 Å². The highest BCUT2D eigenvalue weighted by molar-refractivity contribution is 6.14. The summed E-state index contributed by atoms with van der Waals surface area (Å²) in [6.45, 7) is 5.06. The van der Waals surface area contributed by atoms with Gasteiger partial charge in [-0.2, -0.15) is 0 Å². The van der Waals surface area contributed by atoms with Gasteiger partial charge in [0.2, 0.25) is 0 Å². The van der Waals surface area contributed by atoms with Crippen LogP contribution in [0.1, 0.15) is 50.7 Å². The molecule has 6 aromatic carbocycles. The van der Waals surface area contributed by atoms with Crippen molar-refractivity contribution < 1.29 is 0 Å². The molecular weight excluding hydrogens is 530 g/mol. The predicted molar refractivity (Wildman–Crippen MR) is 186 cm³/mol. The van der Waals surface area contributed by atoms with Crippen LogP contribution >= 0.6 is 0 Å². The second-order valence-electron chi connectivity index (χ2n) is 14.0. The van der Waals surface area contributed by atoms with Gasteiger partial charge in [-0.3, -0.25) is 0 Å². The lowest BCUT2D eigenvalue weighted by Gasteiger charge is -2.54. The smallest absolute Gasteiger partial charge is 0.0546 e. The molecule has 3 aliphatic rings. The minimum atomic E-state index is 0.114. The molecule has 2 fully saturated rings.